The number of halogens is 1. The van der Waals surface area contributed by atoms with E-state index in [-0.39, 0.29) is 5.88 Å². The van der Waals surface area contributed by atoms with E-state index in [1.54, 1.807) is 6.20 Å². The summed E-state index contributed by atoms with van der Waals surface area (Å²) in [6, 6.07) is 13.4. The quantitative estimate of drug-likeness (QED) is 0.782. The first kappa shape index (κ1) is 11.9. The molecule has 3 aromatic rings. The molecule has 0 aliphatic carbocycles. The molecule has 94 valence electrons. The molecule has 2 heterocycles. The number of hydrogen-bond acceptors (Lipinski definition) is 4. The molecule has 0 fully saturated rings. The lowest BCUT2D eigenvalue weighted by molar-refractivity contribution is 0.439. The summed E-state index contributed by atoms with van der Waals surface area (Å²) < 4.78 is 6.12. The summed E-state index contributed by atoms with van der Waals surface area (Å²) in [7, 11) is 0. The molecule has 0 unspecified atom stereocenters. The van der Waals surface area contributed by atoms with E-state index >= 15 is 0 Å². The minimum absolute atomic E-state index is 0.275. The van der Waals surface area contributed by atoms with Crippen molar-refractivity contribution < 1.29 is 4.52 Å². The molecule has 0 radical (unpaired) electrons. The molecule has 5 heteroatoms. The highest BCUT2D eigenvalue weighted by Gasteiger charge is 2.17. The normalized spacial score (nSPS) is 10.6. The number of pyridine rings is 1. The van der Waals surface area contributed by atoms with Crippen LogP contribution in [0.25, 0.3) is 22.5 Å². The van der Waals surface area contributed by atoms with Crippen molar-refractivity contribution in [3.63, 3.8) is 0 Å². The zero-order valence-corrected chi connectivity index (χ0v) is 11.5. The van der Waals surface area contributed by atoms with Crippen LogP contribution in [0.4, 0.5) is 5.88 Å². The highest BCUT2D eigenvalue weighted by Crippen LogP contribution is 2.35. The number of nitrogen functional groups attached to an aromatic ring is 1. The highest BCUT2D eigenvalue weighted by atomic mass is 79.9. The van der Waals surface area contributed by atoms with Gasteiger partial charge in [-0.3, -0.25) is 4.98 Å². The van der Waals surface area contributed by atoms with Gasteiger partial charge in [-0.2, -0.15) is 0 Å². The molecule has 0 saturated heterocycles. The van der Waals surface area contributed by atoms with Gasteiger partial charge in [-0.1, -0.05) is 39.3 Å². The third kappa shape index (κ3) is 2.24. The molecule has 0 bridgehead atoms. The van der Waals surface area contributed by atoms with Crippen LogP contribution in [0.15, 0.2) is 57.7 Å². The zero-order chi connectivity index (χ0) is 13.2. The number of rotatable bonds is 2. The number of nitrogens with zero attached hydrogens (tertiary/aromatic N) is 2. The Morgan fingerprint density at radius 1 is 1.05 bits per heavy atom. The van der Waals surface area contributed by atoms with Crippen LogP contribution in [0.3, 0.4) is 0 Å². The van der Waals surface area contributed by atoms with Crippen molar-refractivity contribution in [2.24, 2.45) is 0 Å². The van der Waals surface area contributed by atoms with E-state index in [1.807, 2.05) is 42.5 Å². The highest BCUT2D eigenvalue weighted by molar-refractivity contribution is 9.10. The maximum atomic E-state index is 5.86. The molecular weight excluding hydrogens is 306 g/mol. The first-order valence-electron chi connectivity index (χ1n) is 5.68. The van der Waals surface area contributed by atoms with Crippen LogP contribution >= 0.6 is 15.9 Å². The van der Waals surface area contributed by atoms with E-state index in [4.69, 9.17) is 10.3 Å². The van der Waals surface area contributed by atoms with Crippen LogP contribution in [-0.4, -0.2) is 10.1 Å². The van der Waals surface area contributed by atoms with Crippen molar-refractivity contribution in [1.29, 1.82) is 0 Å². The van der Waals surface area contributed by atoms with Crippen LogP contribution in [-0.2, 0) is 0 Å². The van der Waals surface area contributed by atoms with Crippen LogP contribution in [0.1, 0.15) is 0 Å². The fourth-order valence-electron chi connectivity index (χ4n) is 1.87. The summed E-state index contributed by atoms with van der Waals surface area (Å²) in [5, 5.41) is 4.04. The van der Waals surface area contributed by atoms with Crippen molar-refractivity contribution >= 4 is 21.8 Å². The first-order valence-corrected chi connectivity index (χ1v) is 6.47. The number of nitrogens with two attached hydrogens (primary N) is 1. The fourth-order valence-corrected chi connectivity index (χ4v) is 2.13. The summed E-state index contributed by atoms with van der Waals surface area (Å²) in [6.45, 7) is 0. The van der Waals surface area contributed by atoms with E-state index in [0.29, 0.717) is 5.69 Å². The van der Waals surface area contributed by atoms with Gasteiger partial charge in [0.2, 0.25) is 5.88 Å². The molecule has 0 amide bonds. The van der Waals surface area contributed by atoms with E-state index in [1.165, 1.54) is 0 Å². The maximum absolute atomic E-state index is 5.86. The number of anilines is 1. The molecule has 3 rings (SSSR count). The van der Waals surface area contributed by atoms with Gasteiger partial charge < -0.3 is 10.3 Å². The topological polar surface area (TPSA) is 64.9 Å². The lowest BCUT2D eigenvalue weighted by Crippen LogP contribution is -1.89. The van der Waals surface area contributed by atoms with Crippen LogP contribution in [0, 0.1) is 0 Å². The third-order valence-electron chi connectivity index (χ3n) is 2.76. The van der Waals surface area contributed by atoms with Crippen LogP contribution in [0.5, 0.6) is 0 Å². The summed E-state index contributed by atoms with van der Waals surface area (Å²) >= 11 is 3.41. The molecule has 2 N–H and O–H groups in total. The summed E-state index contributed by atoms with van der Waals surface area (Å²) in [5.41, 5.74) is 8.97. The molecule has 2 aromatic heterocycles. The average molecular weight is 316 g/mol. The Labute approximate surface area is 118 Å². The molecule has 4 nitrogen and oxygen atoms in total. The summed E-state index contributed by atoms with van der Waals surface area (Å²) in [4.78, 5) is 4.30. The summed E-state index contributed by atoms with van der Waals surface area (Å²) in [6.07, 6.45) is 1.72. The second kappa shape index (κ2) is 4.85. The number of aromatic nitrogens is 2. The predicted molar refractivity (Wildman–Crippen MR) is 77.3 cm³/mol. The van der Waals surface area contributed by atoms with Gasteiger partial charge in [0, 0.05) is 16.2 Å². The van der Waals surface area contributed by atoms with E-state index in [9.17, 15) is 0 Å². The molecule has 1 aromatic carbocycles. The second-order valence-electron chi connectivity index (χ2n) is 3.99. The van der Waals surface area contributed by atoms with Gasteiger partial charge in [0.15, 0.2) is 0 Å². The second-order valence-corrected chi connectivity index (χ2v) is 4.91. The largest absolute Gasteiger partial charge is 0.367 e. The van der Waals surface area contributed by atoms with Gasteiger partial charge in [0.05, 0.1) is 11.3 Å². The molecule has 19 heavy (non-hydrogen) atoms. The minimum Gasteiger partial charge on any atom is -0.367 e. The van der Waals surface area contributed by atoms with E-state index in [0.717, 1.165) is 21.3 Å². The monoisotopic (exact) mass is 315 g/mol. The SMILES string of the molecule is Nc1onc(-c2ccc(Br)cc2)c1-c1ccccn1. The van der Waals surface area contributed by atoms with Gasteiger partial charge >= 0.3 is 0 Å². The standard InChI is InChI=1S/C14H10BrN3O/c15-10-6-4-9(5-7-10)13-12(14(16)19-18-13)11-3-1-2-8-17-11/h1-8H,16H2. The van der Waals surface area contributed by atoms with E-state index < -0.39 is 0 Å². The molecule has 0 atom stereocenters. The van der Waals surface area contributed by atoms with Crippen molar-refractivity contribution in [1.82, 2.24) is 10.1 Å². The Hall–Kier alpha value is -2.14. The molecular formula is C14H10BrN3O. The smallest absolute Gasteiger partial charge is 0.232 e. The predicted octanol–water partition coefficient (Wildman–Crippen LogP) is 3.75. The first-order chi connectivity index (χ1) is 9.25. The lowest BCUT2D eigenvalue weighted by Gasteiger charge is -2.01. The Balaban J connectivity index is 2.16. The molecule has 0 aliphatic heterocycles. The van der Waals surface area contributed by atoms with Gasteiger partial charge in [0.1, 0.15) is 5.69 Å². The number of benzene rings is 1. The lowest BCUT2D eigenvalue weighted by atomic mass is 10.0. The average Bonchev–Trinajstić information content (AvgIpc) is 2.82. The van der Waals surface area contributed by atoms with Gasteiger partial charge in [-0.15, -0.1) is 0 Å². The van der Waals surface area contributed by atoms with E-state index in [2.05, 4.69) is 26.1 Å². The van der Waals surface area contributed by atoms with Gasteiger partial charge in [-0.25, -0.2) is 0 Å². The molecule has 0 aliphatic rings. The Kier molecular flexibility index (Phi) is 3.05. The Morgan fingerprint density at radius 2 is 1.84 bits per heavy atom. The minimum atomic E-state index is 0.275. The fraction of sp³-hybridized carbons (Fsp3) is 0. The van der Waals surface area contributed by atoms with Crippen molar-refractivity contribution in [2.75, 3.05) is 5.73 Å². The molecule has 0 saturated carbocycles. The van der Waals surface area contributed by atoms with Crippen molar-refractivity contribution in [2.45, 2.75) is 0 Å². The van der Waals surface area contributed by atoms with Crippen molar-refractivity contribution in [3.8, 4) is 22.5 Å². The zero-order valence-electron chi connectivity index (χ0n) is 9.88. The third-order valence-corrected chi connectivity index (χ3v) is 3.29. The summed E-state index contributed by atoms with van der Waals surface area (Å²) in [5.74, 6) is 0.275. The Morgan fingerprint density at radius 3 is 2.53 bits per heavy atom. The molecule has 0 spiro atoms. The number of hydrogen-bond donors (Lipinski definition) is 1. The Bertz CT molecular complexity index is 692. The van der Waals surface area contributed by atoms with Crippen LogP contribution in [0.2, 0.25) is 0 Å². The van der Waals surface area contributed by atoms with Crippen molar-refractivity contribution in [3.05, 3.63) is 53.1 Å². The maximum Gasteiger partial charge on any atom is 0.232 e. The van der Waals surface area contributed by atoms with Gasteiger partial charge in [0.25, 0.3) is 0 Å². The van der Waals surface area contributed by atoms with Crippen LogP contribution < -0.4 is 5.73 Å². The van der Waals surface area contributed by atoms with Gasteiger partial charge in [-0.05, 0) is 24.3 Å².